The zero-order valence-electron chi connectivity index (χ0n) is 12.3. The number of hydrogen-bond acceptors (Lipinski definition) is 4. The van der Waals surface area contributed by atoms with Crippen LogP contribution in [0.3, 0.4) is 0 Å². The van der Waals surface area contributed by atoms with Crippen molar-refractivity contribution in [1.29, 1.82) is 0 Å². The van der Waals surface area contributed by atoms with Gasteiger partial charge in [0, 0.05) is 29.9 Å². The van der Waals surface area contributed by atoms with E-state index in [0.717, 1.165) is 36.9 Å². The summed E-state index contributed by atoms with van der Waals surface area (Å²) in [6.45, 7) is 0.996. The fourth-order valence-corrected chi connectivity index (χ4v) is 5.08. The van der Waals surface area contributed by atoms with Gasteiger partial charge >= 0.3 is 0 Å². The minimum absolute atomic E-state index is 0.0173. The molecule has 3 atom stereocenters. The summed E-state index contributed by atoms with van der Waals surface area (Å²) in [6.07, 6.45) is 3.98. The van der Waals surface area contributed by atoms with Gasteiger partial charge in [0.2, 0.25) is 0 Å². The molecule has 4 heteroatoms. The van der Waals surface area contributed by atoms with Crippen molar-refractivity contribution < 1.29 is 15.0 Å². The van der Waals surface area contributed by atoms with E-state index in [1.807, 2.05) is 6.07 Å². The van der Waals surface area contributed by atoms with Gasteiger partial charge in [0.1, 0.15) is 5.78 Å². The summed E-state index contributed by atoms with van der Waals surface area (Å²) in [5, 5.41) is 20.1. The summed E-state index contributed by atoms with van der Waals surface area (Å²) >= 11 is 0. The maximum atomic E-state index is 12.1. The molecule has 2 aliphatic carbocycles. The summed E-state index contributed by atoms with van der Waals surface area (Å²) in [5.74, 6) is 0.801. The monoisotopic (exact) mass is 287 g/mol. The Morgan fingerprint density at radius 3 is 2.95 bits per heavy atom. The van der Waals surface area contributed by atoms with Gasteiger partial charge in [-0.25, -0.2) is 0 Å². The first-order chi connectivity index (χ1) is 10.0. The Hall–Kier alpha value is -1.55. The third-order valence-electron chi connectivity index (χ3n) is 6.11. The molecule has 1 saturated carbocycles. The van der Waals surface area contributed by atoms with Gasteiger partial charge in [0.15, 0.2) is 11.5 Å². The Bertz CT molecular complexity index is 627. The van der Waals surface area contributed by atoms with Crippen LogP contribution in [0.1, 0.15) is 36.8 Å². The first-order valence-corrected chi connectivity index (χ1v) is 7.79. The van der Waals surface area contributed by atoms with Crippen LogP contribution in [-0.4, -0.2) is 40.5 Å². The Kier molecular flexibility index (Phi) is 2.65. The van der Waals surface area contributed by atoms with Crippen LogP contribution in [0.5, 0.6) is 11.5 Å². The molecule has 4 nitrogen and oxygen atoms in total. The zero-order valence-corrected chi connectivity index (χ0v) is 12.3. The van der Waals surface area contributed by atoms with Gasteiger partial charge in [-0.05, 0) is 50.4 Å². The number of ketones is 1. The number of rotatable bonds is 0. The highest BCUT2D eigenvalue weighted by molar-refractivity contribution is 5.82. The first kappa shape index (κ1) is 13.1. The quantitative estimate of drug-likeness (QED) is 0.716. The van der Waals surface area contributed by atoms with Crippen LogP contribution in [0, 0.1) is 5.92 Å². The number of aromatic hydroxyl groups is 2. The van der Waals surface area contributed by atoms with E-state index in [2.05, 4.69) is 11.9 Å². The molecule has 2 bridgehead atoms. The Labute approximate surface area is 124 Å². The lowest BCUT2D eigenvalue weighted by atomic mass is 9.52. The number of carbonyl (C=O) groups is 1. The van der Waals surface area contributed by atoms with Crippen LogP contribution < -0.4 is 0 Å². The number of benzene rings is 1. The second-order valence-electron chi connectivity index (χ2n) is 6.98. The van der Waals surface area contributed by atoms with Crippen molar-refractivity contribution in [3.05, 3.63) is 23.3 Å². The van der Waals surface area contributed by atoms with E-state index in [9.17, 15) is 15.0 Å². The van der Waals surface area contributed by atoms with Crippen molar-refractivity contribution in [1.82, 2.24) is 4.90 Å². The lowest BCUT2D eigenvalue weighted by Crippen LogP contribution is -2.60. The Balaban J connectivity index is 1.94. The number of fused-ring (bicyclic) bond motifs is 1. The molecule has 1 aromatic carbocycles. The van der Waals surface area contributed by atoms with Crippen LogP contribution in [0.15, 0.2) is 12.1 Å². The number of phenolic OH excluding ortho intramolecular Hbond substituents is 2. The van der Waals surface area contributed by atoms with Crippen molar-refractivity contribution in [3.8, 4) is 11.5 Å². The molecule has 4 rings (SSSR count). The van der Waals surface area contributed by atoms with Crippen molar-refractivity contribution in [2.45, 2.75) is 43.6 Å². The van der Waals surface area contributed by atoms with E-state index < -0.39 is 0 Å². The minimum Gasteiger partial charge on any atom is -0.504 e. The third kappa shape index (κ3) is 1.62. The van der Waals surface area contributed by atoms with Gasteiger partial charge in [-0.15, -0.1) is 0 Å². The number of hydrogen-bond donors (Lipinski definition) is 2. The number of Topliss-reactive ketones (excluding diaryl/α,β-unsaturated/α-hetero) is 1. The molecule has 0 amide bonds. The molecule has 1 aromatic rings. The van der Waals surface area contributed by atoms with Crippen LogP contribution in [0.2, 0.25) is 0 Å². The van der Waals surface area contributed by atoms with Gasteiger partial charge in [0.25, 0.3) is 0 Å². The van der Waals surface area contributed by atoms with E-state index >= 15 is 0 Å². The SMILES string of the molecule is CN1CC[C@]23CC(=O)CC[C@H]2[C@H]1Cc1c3ccc(O)c1O. The molecule has 21 heavy (non-hydrogen) atoms. The molecule has 1 saturated heterocycles. The highest BCUT2D eigenvalue weighted by Gasteiger charge is 2.55. The van der Waals surface area contributed by atoms with E-state index in [1.165, 1.54) is 0 Å². The fraction of sp³-hybridized carbons (Fsp3) is 0.588. The lowest BCUT2D eigenvalue weighted by molar-refractivity contribution is -0.126. The maximum absolute atomic E-state index is 12.1. The van der Waals surface area contributed by atoms with E-state index in [-0.39, 0.29) is 16.9 Å². The molecule has 0 unspecified atom stereocenters. The largest absolute Gasteiger partial charge is 0.504 e. The zero-order chi connectivity index (χ0) is 14.8. The molecule has 112 valence electrons. The fourth-order valence-electron chi connectivity index (χ4n) is 5.08. The van der Waals surface area contributed by atoms with Gasteiger partial charge in [0.05, 0.1) is 0 Å². The van der Waals surface area contributed by atoms with Gasteiger partial charge in [-0.2, -0.15) is 0 Å². The second-order valence-corrected chi connectivity index (χ2v) is 6.98. The van der Waals surface area contributed by atoms with Crippen molar-refractivity contribution >= 4 is 5.78 Å². The normalized spacial score (nSPS) is 35.2. The van der Waals surface area contributed by atoms with E-state index in [4.69, 9.17) is 0 Å². The second kappa shape index (κ2) is 4.23. The summed E-state index contributed by atoms with van der Waals surface area (Å²) < 4.78 is 0. The first-order valence-electron chi connectivity index (χ1n) is 7.79. The standard InChI is InChI=1S/C17H21NO3/c1-18-7-6-17-9-10(19)2-3-13(17)14(18)8-11-12(17)4-5-15(20)16(11)21/h4-5,13-14,20-21H,2-3,6-9H2,1H3/t13-,14+,17+/m0/s1. The molecular formula is C17H21NO3. The minimum atomic E-state index is -0.120. The summed E-state index contributed by atoms with van der Waals surface area (Å²) in [6, 6.07) is 3.89. The van der Waals surface area contributed by atoms with E-state index in [1.54, 1.807) is 6.07 Å². The van der Waals surface area contributed by atoms with E-state index in [0.29, 0.717) is 30.6 Å². The number of carbonyl (C=O) groups excluding carboxylic acids is 1. The number of likely N-dealkylation sites (N-methyl/N-ethyl adjacent to an activating group) is 1. The summed E-state index contributed by atoms with van der Waals surface area (Å²) in [4.78, 5) is 14.5. The molecule has 1 aliphatic heterocycles. The highest BCUT2D eigenvalue weighted by Crippen LogP contribution is 2.56. The van der Waals surface area contributed by atoms with Gasteiger partial charge < -0.3 is 15.1 Å². The molecular weight excluding hydrogens is 266 g/mol. The van der Waals surface area contributed by atoms with Crippen LogP contribution in [-0.2, 0) is 16.6 Å². The summed E-state index contributed by atoms with van der Waals surface area (Å²) in [5.41, 5.74) is 1.85. The number of likely N-dealkylation sites (tertiary alicyclic amines) is 1. The predicted octanol–water partition coefficient (Wildman–Crippen LogP) is 1.97. The maximum Gasteiger partial charge on any atom is 0.161 e. The molecule has 0 spiro atoms. The van der Waals surface area contributed by atoms with Gasteiger partial charge in [-0.1, -0.05) is 6.07 Å². The molecule has 3 aliphatic rings. The van der Waals surface area contributed by atoms with Crippen molar-refractivity contribution in [2.24, 2.45) is 5.92 Å². The molecule has 0 aromatic heterocycles. The highest BCUT2D eigenvalue weighted by atomic mass is 16.3. The topological polar surface area (TPSA) is 60.8 Å². The van der Waals surface area contributed by atoms with Gasteiger partial charge in [-0.3, -0.25) is 4.79 Å². The van der Waals surface area contributed by atoms with Crippen LogP contribution >= 0.6 is 0 Å². The van der Waals surface area contributed by atoms with Crippen LogP contribution in [0.25, 0.3) is 0 Å². The smallest absolute Gasteiger partial charge is 0.161 e. The lowest BCUT2D eigenvalue weighted by Gasteiger charge is -2.58. The summed E-state index contributed by atoms with van der Waals surface area (Å²) in [7, 11) is 2.13. The van der Waals surface area contributed by atoms with Crippen molar-refractivity contribution in [3.63, 3.8) is 0 Å². The number of piperidine rings is 1. The van der Waals surface area contributed by atoms with Crippen LogP contribution in [0.4, 0.5) is 0 Å². The Morgan fingerprint density at radius 2 is 2.14 bits per heavy atom. The Morgan fingerprint density at radius 1 is 1.33 bits per heavy atom. The van der Waals surface area contributed by atoms with Crippen molar-refractivity contribution in [2.75, 3.05) is 13.6 Å². The predicted molar refractivity (Wildman–Crippen MR) is 78.5 cm³/mol. The third-order valence-corrected chi connectivity index (χ3v) is 6.11. The molecule has 2 N–H and O–H groups in total. The average molecular weight is 287 g/mol. The molecule has 1 heterocycles. The molecule has 0 radical (unpaired) electrons. The molecule has 2 fully saturated rings. The average Bonchev–Trinajstić information content (AvgIpc) is 2.46. The number of phenols is 2. The number of nitrogens with zero attached hydrogens (tertiary/aromatic N) is 1.